The molecule has 8 rings (SSSR count). The van der Waals surface area contributed by atoms with Crippen molar-refractivity contribution in [3.8, 4) is 5.88 Å². The maximum atomic E-state index is 14.3. The van der Waals surface area contributed by atoms with E-state index in [1.807, 2.05) is 4.90 Å². The van der Waals surface area contributed by atoms with E-state index in [0.29, 0.717) is 43.2 Å². The normalized spacial score (nSPS) is 35.2. The van der Waals surface area contributed by atoms with Crippen LogP contribution in [0.25, 0.3) is 0 Å². The van der Waals surface area contributed by atoms with Crippen molar-refractivity contribution >= 4 is 11.6 Å². The Labute approximate surface area is 201 Å². The van der Waals surface area contributed by atoms with Crippen molar-refractivity contribution in [3.63, 3.8) is 0 Å². The Kier molecular flexibility index (Phi) is 4.69. The molecule has 0 radical (unpaired) electrons. The predicted octanol–water partition coefficient (Wildman–Crippen LogP) is 5.10. The lowest BCUT2D eigenvalue weighted by Crippen LogP contribution is -2.71. The number of hydrogen-bond acceptors (Lipinski definition) is 6. The molecule has 0 aliphatic heterocycles. The van der Waals surface area contributed by atoms with Crippen LogP contribution in [0.3, 0.4) is 0 Å². The summed E-state index contributed by atoms with van der Waals surface area (Å²) in [4.78, 5) is 23.8. The third-order valence-corrected chi connectivity index (χ3v) is 9.07. The maximum absolute atomic E-state index is 14.3. The highest BCUT2D eigenvalue weighted by molar-refractivity contribution is 6.00. The first-order valence-electron chi connectivity index (χ1n) is 12.2. The second-order valence-electron chi connectivity index (χ2n) is 11.5. The first-order chi connectivity index (χ1) is 16.5. The molecule has 1 amide bonds. The molecule has 10 heteroatoms. The minimum Gasteiger partial charge on any atom is -0.481 e. The Morgan fingerprint density at radius 2 is 1.83 bits per heavy atom. The number of rotatable bonds is 7. The van der Waals surface area contributed by atoms with Crippen LogP contribution >= 0.6 is 0 Å². The number of hydrogen-bond donors (Lipinski definition) is 0. The fourth-order valence-electron chi connectivity index (χ4n) is 6.92. The summed E-state index contributed by atoms with van der Waals surface area (Å²) in [7, 11) is 1.53. The summed E-state index contributed by atoms with van der Waals surface area (Å²) in [5.74, 6) is -3.03. The molecule has 2 aromatic heterocycles. The number of carbonyl (C=O) groups is 1. The van der Waals surface area contributed by atoms with E-state index in [4.69, 9.17) is 9.26 Å². The second kappa shape index (κ2) is 7.20. The van der Waals surface area contributed by atoms with Gasteiger partial charge in [0.1, 0.15) is 5.67 Å². The van der Waals surface area contributed by atoms with E-state index in [9.17, 15) is 18.0 Å². The van der Waals surface area contributed by atoms with Crippen molar-refractivity contribution in [2.75, 3.05) is 18.6 Å². The van der Waals surface area contributed by atoms with Crippen molar-refractivity contribution < 1.29 is 27.2 Å². The van der Waals surface area contributed by atoms with Crippen LogP contribution in [-0.2, 0) is 16.1 Å². The van der Waals surface area contributed by atoms with Gasteiger partial charge in [-0.3, -0.25) is 4.79 Å². The smallest absolute Gasteiger partial charge is 0.322 e. The SMILES string of the molecule is COc1cc(N(CC23CCC(c4noc(C(C)(F)F)n4)(CC2)CC3)C(=O)C23CC(F)(C2)C3)ccn1. The van der Waals surface area contributed by atoms with E-state index >= 15 is 0 Å². The first-order valence-corrected chi connectivity index (χ1v) is 12.2. The van der Waals surface area contributed by atoms with Crippen molar-refractivity contribution in [1.29, 1.82) is 0 Å². The van der Waals surface area contributed by atoms with Crippen LogP contribution in [0.4, 0.5) is 18.9 Å². The van der Waals surface area contributed by atoms with Gasteiger partial charge in [0, 0.05) is 31.1 Å². The predicted molar refractivity (Wildman–Crippen MR) is 119 cm³/mol. The molecule has 6 aliphatic rings. The number of carbonyl (C=O) groups excluding carboxylic acids is 1. The summed E-state index contributed by atoms with van der Waals surface area (Å²) in [5.41, 5.74) is -1.51. The molecule has 0 atom stereocenters. The van der Waals surface area contributed by atoms with E-state index in [0.717, 1.165) is 45.4 Å². The summed E-state index contributed by atoms with van der Waals surface area (Å²) in [5, 5.41) is 3.93. The highest BCUT2D eigenvalue weighted by Gasteiger charge is 2.73. The molecular weight excluding hydrogens is 461 g/mol. The maximum Gasteiger partial charge on any atom is 0.322 e. The summed E-state index contributed by atoms with van der Waals surface area (Å²) >= 11 is 0. The monoisotopic (exact) mass is 490 g/mol. The lowest BCUT2D eigenvalue weighted by molar-refractivity contribution is -0.211. The highest BCUT2D eigenvalue weighted by atomic mass is 19.3. The van der Waals surface area contributed by atoms with Gasteiger partial charge in [0.15, 0.2) is 5.82 Å². The topological polar surface area (TPSA) is 81.4 Å². The minimum atomic E-state index is -3.17. The van der Waals surface area contributed by atoms with Gasteiger partial charge in [-0.05, 0) is 69.3 Å². The van der Waals surface area contributed by atoms with Crippen LogP contribution in [-0.4, -0.2) is 40.4 Å². The second-order valence-corrected chi connectivity index (χ2v) is 11.5. The molecule has 0 N–H and O–H groups in total. The Morgan fingerprint density at radius 1 is 1.17 bits per heavy atom. The van der Waals surface area contributed by atoms with Crippen molar-refractivity contribution in [3.05, 3.63) is 30.0 Å². The van der Waals surface area contributed by atoms with Gasteiger partial charge < -0.3 is 14.2 Å². The number of alkyl halides is 3. The van der Waals surface area contributed by atoms with Gasteiger partial charge in [0.2, 0.25) is 11.8 Å². The fraction of sp³-hybridized carbons (Fsp3) is 0.680. The molecule has 35 heavy (non-hydrogen) atoms. The molecule has 0 unspecified atom stereocenters. The van der Waals surface area contributed by atoms with Gasteiger partial charge in [-0.15, -0.1) is 0 Å². The average molecular weight is 491 g/mol. The number of ether oxygens (including phenoxy) is 1. The Hall–Kier alpha value is -2.65. The standard InChI is InChI=1S/C25H29F3N4O3/c1-21(26,27)19-30-18(31-35-19)23-7-4-22(5-8-23,6-9-23)15-32(16-3-10-29-17(11-16)34-2)20(33)24-12-25(28,13-24)14-24/h3,10-11H,4-9,12-15H2,1-2H3. The van der Waals surface area contributed by atoms with Gasteiger partial charge >= 0.3 is 5.92 Å². The molecule has 0 saturated heterocycles. The highest BCUT2D eigenvalue weighted by Crippen LogP contribution is 2.70. The van der Waals surface area contributed by atoms with Crippen molar-refractivity contribution in [2.45, 2.75) is 81.7 Å². The third kappa shape index (κ3) is 3.46. The van der Waals surface area contributed by atoms with Crippen LogP contribution in [0.5, 0.6) is 5.88 Å². The zero-order chi connectivity index (χ0) is 24.7. The van der Waals surface area contributed by atoms with Gasteiger partial charge in [-0.1, -0.05) is 5.16 Å². The van der Waals surface area contributed by atoms with Crippen LogP contribution in [0.1, 0.15) is 76.4 Å². The Balaban J connectivity index is 1.24. The molecule has 2 heterocycles. The summed E-state index contributed by atoms with van der Waals surface area (Å²) in [6, 6.07) is 3.56. The van der Waals surface area contributed by atoms with Gasteiger partial charge in [-0.2, -0.15) is 13.8 Å². The largest absolute Gasteiger partial charge is 0.481 e. The zero-order valence-corrected chi connectivity index (χ0v) is 20.0. The van der Waals surface area contributed by atoms with Crippen LogP contribution in [0, 0.1) is 10.8 Å². The average Bonchev–Trinajstić information content (AvgIpc) is 3.33. The Morgan fingerprint density at radius 3 is 2.37 bits per heavy atom. The quantitative estimate of drug-likeness (QED) is 0.537. The number of anilines is 1. The molecule has 2 aromatic rings. The minimum absolute atomic E-state index is 0.0185. The number of methoxy groups -OCH3 is 1. The lowest BCUT2D eigenvalue weighted by Gasteiger charge is -2.65. The van der Waals surface area contributed by atoms with Crippen LogP contribution in [0.15, 0.2) is 22.9 Å². The third-order valence-electron chi connectivity index (χ3n) is 9.07. The van der Waals surface area contributed by atoms with Gasteiger partial charge in [0.25, 0.3) is 5.89 Å². The first kappa shape index (κ1) is 22.8. The Bertz CT molecular complexity index is 1130. The molecule has 6 fully saturated rings. The van der Waals surface area contributed by atoms with Crippen molar-refractivity contribution in [2.24, 2.45) is 10.8 Å². The number of nitrogens with zero attached hydrogens (tertiary/aromatic N) is 4. The van der Waals surface area contributed by atoms with E-state index in [1.165, 1.54) is 7.11 Å². The number of aromatic nitrogens is 3. The molecular formula is C25H29F3N4O3. The van der Waals surface area contributed by atoms with E-state index < -0.39 is 22.9 Å². The fourth-order valence-corrected chi connectivity index (χ4v) is 6.92. The molecule has 0 spiro atoms. The van der Waals surface area contributed by atoms with Gasteiger partial charge in [-0.25, -0.2) is 9.37 Å². The molecule has 0 aromatic carbocycles. The van der Waals surface area contributed by atoms with Crippen molar-refractivity contribution in [1.82, 2.24) is 15.1 Å². The molecule has 6 saturated carbocycles. The number of amides is 1. The number of pyridine rings is 1. The lowest BCUT2D eigenvalue weighted by atomic mass is 9.41. The molecule has 188 valence electrons. The van der Waals surface area contributed by atoms with Gasteiger partial charge in [0.05, 0.1) is 18.2 Å². The van der Waals surface area contributed by atoms with Crippen LogP contribution < -0.4 is 9.64 Å². The molecule has 6 aliphatic carbocycles. The summed E-state index contributed by atoms with van der Waals surface area (Å²) in [6.45, 7) is 1.28. The van der Waals surface area contributed by atoms with Crippen LogP contribution in [0.2, 0.25) is 0 Å². The summed E-state index contributed by atoms with van der Waals surface area (Å²) in [6.07, 6.45) is 7.25. The number of halogens is 3. The van der Waals surface area contributed by atoms with E-state index in [2.05, 4.69) is 15.1 Å². The zero-order valence-electron chi connectivity index (χ0n) is 20.0. The number of fused-ring (bicyclic) bond motifs is 3. The molecule has 4 bridgehead atoms. The van der Waals surface area contributed by atoms with E-state index in [-0.39, 0.29) is 16.7 Å². The summed E-state index contributed by atoms with van der Waals surface area (Å²) < 4.78 is 51.8. The molecule has 7 nitrogen and oxygen atoms in total. The van der Waals surface area contributed by atoms with E-state index in [1.54, 1.807) is 18.3 Å².